The summed E-state index contributed by atoms with van der Waals surface area (Å²) in [5.74, 6) is 1.96. The third-order valence-electron chi connectivity index (χ3n) is 3.39. The summed E-state index contributed by atoms with van der Waals surface area (Å²) in [6.07, 6.45) is -1.33. The van der Waals surface area contributed by atoms with Gasteiger partial charge in [-0.3, -0.25) is 0 Å². The van der Waals surface area contributed by atoms with Gasteiger partial charge >= 0.3 is 0 Å². The topological polar surface area (TPSA) is 47.9 Å². The van der Waals surface area contributed by atoms with Gasteiger partial charge in [0.25, 0.3) is 0 Å². The van der Waals surface area contributed by atoms with Gasteiger partial charge in [0, 0.05) is 10.0 Å². The summed E-state index contributed by atoms with van der Waals surface area (Å²) < 4.78 is 17.7. The lowest BCUT2D eigenvalue weighted by molar-refractivity contribution is -0.0122. The average molecular weight is 351 g/mol. The molecule has 0 aromatic heterocycles. The first kappa shape index (κ1) is 14.2. The van der Waals surface area contributed by atoms with E-state index in [4.69, 9.17) is 14.2 Å². The highest BCUT2D eigenvalue weighted by Gasteiger charge is 2.30. The predicted molar refractivity (Wildman–Crippen MR) is 82.0 cm³/mol. The Bertz CT molecular complexity index is 644. The normalized spacial score (nSPS) is 18.1. The summed E-state index contributed by atoms with van der Waals surface area (Å²) in [6, 6.07) is 12.9. The van der Waals surface area contributed by atoms with E-state index in [-0.39, 0.29) is 6.61 Å². The van der Waals surface area contributed by atoms with Crippen molar-refractivity contribution in [1.82, 2.24) is 0 Å². The standard InChI is InChI=1S/C16H15BrO4/c1-19-12-7-6-10(17)8-11(12)16(18)15-9-20-13-4-2-3-5-14(13)21-15/h2-8,15-16,18H,9H2,1H3. The molecule has 0 saturated carbocycles. The van der Waals surface area contributed by atoms with E-state index in [9.17, 15) is 5.11 Å². The zero-order chi connectivity index (χ0) is 14.8. The van der Waals surface area contributed by atoms with Crippen molar-refractivity contribution < 1.29 is 19.3 Å². The van der Waals surface area contributed by atoms with Crippen molar-refractivity contribution in [2.45, 2.75) is 12.2 Å². The molecule has 1 N–H and O–H groups in total. The molecular weight excluding hydrogens is 336 g/mol. The second kappa shape index (κ2) is 5.95. The van der Waals surface area contributed by atoms with Crippen molar-refractivity contribution in [2.24, 2.45) is 0 Å². The highest BCUT2D eigenvalue weighted by Crippen LogP contribution is 2.37. The molecule has 0 spiro atoms. The van der Waals surface area contributed by atoms with E-state index in [1.54, 1.807) is 13.2 Å². The van der Waals surface area contributed by atoms with E-state index < -0.39 is 12.2 Å². The van der Waals surface area contributed by atoms with Crippen LogP contribution in [0.1, 0.15) is 11.7 Å². The van der Waals surface area contributed by atoms with Crippen molar-refractivity contribution in [3.8, 4) is 17.2 Å². The lowest BCUT2D eigenvalue weighted by Gasteiger charge is -2.30. The number of fused-ring (bicyclic) bond motifs is 1. The van der Waals surface area contributed by atoms with Crippen LogP contribution in [0.5, 0.6) is 17.2 Å². The minimum Gasteiger partial charge on any atom is -0.496 e. The van der Waals surface area contributed by atoms with Crippen LogP contribution in [0.2, 0.25) is 0 Å². The molecule has 5 heteroatoms. The van der Waals surface area contributed by atoms with E-state index in [0.717, 1.165) is 4.47 Å². The highest BCUT2D eigenvalue weighted by atomic mass is 79.9. The quantitative estimate of drug-likeness (QED) is 0.922. The smallest absolute Gasteiger partial charge is 0.163 e. The van der Waals surface area contributed by atoms with Crippen LogP contribution in [0.3, 0.4) is 0 Å². The van der Waals surface area contributed by atoms with E-state index in [1.165, 1.54) is 0 Å². The van der Waals surface area contributed by atoms with Crippen molar-refractivity contribution >= 4 is 15.9 Å². The van der Waals surface area contributed by atoms with Gasteiger partial charge in [0.1, 0.15) is 18.5 Å². The van der Waals surface area contributed by atoms with Gasteiger partial charge < -0.3 is 19.3 Å². The van der Waals surface area contributed by atoms with Gasteiger partial charge in [0.15, 0.2) is 17.6 Å². The molecular formula is C16H15BrO4. The SMILES string of the molecule is COc1ccc(Br)cc1C(O)C1COc2ccccc2O1. The van der Waals surface area contributed by atoms with Crippen molar-refractivity contribution in [1.29, 1.82) is 0 Å². The number of aliphatic hydroxyl groups is 1. The summed E-state index contributed by atoms with van der Waals surface area (Å²) in [4.78, 5) is 0. The Kier molecular flexibility index (Phi) is 4.03. The first-order valence-electron chi connectivity index (χ1n) is 6.59. The van der Waals surface area contributed by atoms with Crippen molar-refractivity contribution in [3.05, 3.63) is 52.5 Å². The number of hydrogen-bond acceptors (Lipinski definition) is 4. The Balaban J connectivity index is 1.87. The van der Waals surface area contributed by atoms with Crippen molar-refractivity contribution in [2.75, 3.05) is 13.7 Å². The molecule has 2 unspecified atom stereocenters. The second-order valence-electron chi connectivity index (χ2n) is 4.75. The molecule has 2 atom stereocenters. The van der Waals surface area contributed by atoms with Crippen LogP contribution in [0.15, 0.2) is 46.9 Å². The molecule has 1 aliphatic rings. The van der Waals surface area contributed by atoms with Gasteiger partial charge in [0.2, 0.25) is 0 Å². The molecule has 2 aromatic carbocycles. The summed E-state index contributed by atoms with van der Waals surface area (Å²) in [5.41, 5.74) is 0.667. The van der Waals surface area contributed by atoms with Gasteiger partial charge in [0.05, 0.1) is 7.11 Å². The maximum absolute atomic E-state index is 10.6. The Morgan fingerprint density at radius 1 is 1.24 bits per heavy atom. The van der Waals surface area contributed by atoms with Gasteiger partial charge in [-0.2, -0.15) is 0 Å². The molecule has 3 rings (SSSR count). The number of para-hydroxylation sites is 2. The van der Waals surface area contributed by atoms with E-state index in [1.807, 2.05) is 36.4 Å². The number of methoxy groups -OCH3 is 1. The summed E-state index contributed by atoms with van der Waals surface area (Å²) in [7, 11) is 1.58. The minimum absolute atomic E-state index is 0.286. The number of rotatable bonds is 3. The highest BCUT2D eigenvalue weighted by molar-refractivity contribution is 9.10. The molecule has 2 aromatic rings. The third kappa shape index (κ3) is 2.84. The van der Waals surface area contributed by atoms with E-state index >= 15 is 0 Å². The largest absolute Gasteiger partial charge is 0.496 e. The average Bonchev–Trinajstić information content (AvgIpc) is 2.53. The van der Waals surface area contributed by atoms with E-state index in [0.29, 0.717) is 22.8 Å². The zero-order valence-corrected chi connectivity index (χ0v) is 13.0. The number of benzene rings is 2. The molecule has 1 heterocycles. The van der Waals surface area contributed by atoms with Crippen molar-refractivity contribution in [3.63, 3.8) is 0 Å². The summed E-state index contributed by atoms with van der Waals surface area (Å²) >= 11 is 3.40. The third-order valence-corrected chi connectivity index (χ3v) is 3.89. The number of halogens is 1. The predicted octanol–water partition coefficient (Wildman–Crippen LogP) is 3.33. The molecule has 0 bridgehead atoms. The van der Waals surface area contributed by atoms with Gasteiger partial charge in [-0.25, -0.2) is 0 Å². The molecule has 4 nitrogen and oxygen atoms in total. The van der Waals surface area contributed by atoms with Crippen LogP contribution in [0.25, 0.3) is 0 Å². The second-order valence-corrected chi connectivity index (χ2v) is 5.66. The number of aliphatic hydroxyl groups excluding tert-OH is 1. The summed E-state index contributed by atoms with van der Waals surface area (Å²) in [5, 5.41) is 10.6. The minimum atomic E-state index is -0.842. The van der Waals surface area contributed by atoms with Crippen LogP contribution < -0.4 is 14.2 Å². The van der Waals surface area contributed by atoms with Gasteiger partial charge in [-0.15, -0.1) is 0 Å². The molecule has 1 aliphatic heterocycles. The first-order valence-corrected chi connectivity index (χ1v) is 7.38. The number of ether oxygens (including phenoxy) is 3. The molecule has 0 fully saturated rings. The van der Waals surface area contributed by atoms with Crippen LogP contribution in [-0.4, -0.2) is 24.9 Å². The number of hydrogen-bond donors (Lipinski definition) is 1. The fraction of sp³-hybridized carbons (Fsp3) is 0.250. The lowest BCUT2D eigenvalue weighted by Crippen LogP contribution is -2.35. The maximum Gasteiger partial charge on any atom is 0.163 e. The van der Waals surface area contributed by atoms with Crippen LogP contribution in [0.4, 0.5) is 0 Å². The Morgan fingerprint density at radius 2 is 2.00 bits per heavy atom. The molecule has 0 amide bonds. The molecule has 0 saturated heterocycles. The zero-order valence-electron chi connectivity index (χ0n) is 11.5. The van der Waals surface area contributed by atoms with E-state index in [2.05, 4.69) is 15.9 Å². The monoisotopic (exact) mass is 350 g/mol. The Labute approximate surface area is 131 Å². The fourth-order valence-electron chi connectivity index (χ4n) is 2.33. The molecule has 0 radical (unpaired) electrons. The molecule has 21 heavy (non-hydrogen) atoms. The summed E-state index contributed by atoms with van der Waals surface area (Å²) in [6.45, 7) is 0.286. The molecule has 110 valence electrons. The maximum atomic E-state index is 10.6. The fourth-order valence-corrected chi connectivity index (χ4v) is 2.71. The Morgan fingerprint density at radius 3 is 2.76 bits per heavy atom. The van der Waals surface area contributed by atoms with Gasteiger partial charge in [-0.05, 0) is 30.3 Å². The Hall–Kier alpha value is -1.72. The van der Waals surface area contributed by atoms with Crippen LogP contribution in [0, 0.1) is 0 Å². The van der Waals surface area contributed by atoms with Crippen LogP contribution >= 0.6 is 15.9 Å². The lowest BCUT2D eigenvalue weighted by atomic mass is 10.0. The first-order chi connectivity index (χ1) is 10.2. The van der Waals surface area contributed by atoms with Gasteiger partial charge in [-0.1, -0.05) is 28.1 Å². The molecule has 0 aliphatic carbocycles. The van der Waals surface area contributed by atoms with Crippen LogP contribution in [-0.2, 0) is 0 Å².